The second-order valence-electron chi connectivity index (χ2n) is 5.24. The largest absolute Gasteiger partial charge is 0.497 e. The summed E-state index contributed by atoms with van der Waals surface area (Å²) in [4.78, 5) is 24.5. The van der Waals surface area contributed by atoms with E-state index in [0.29, 0.717) is 30.7 Å². The van der Waals surface area contributed by atoms with Crippen molar-refractivity contribution in [3.05, 3.63) is 29.6 Å². The lowest BCUT2D eigenvalue weighted by molar-refractivity contribution is -0.143. The van der Waals surface area contributed by atoms with Crippen LogP contribution >= 0.6 is 0 Å². The molecule has 2 N–H and O–H groups in total. The standard InChI is InChI=1S/C15H19FN2O4/c1-22-12-5-4-10(13(16)7-12)8-17-15(21)18-6-2-3-11(9-18)14(19)20/h4-5,7,11H,2-3,6,8-9H2,1H3,(H,17,21)(H,19,20). The number of carbonyl (C=O) groups excluding carboxylic acids is 1. The van der Waals surface area contributed by atoms with Crippen molar-refractivity contribution in [1.82, 2.24) is 10.2 Å². The highest BCUT2D eigenvalue weighted by atomic mass is 19.1. The molecule has 1 aliphatic rings. The number of nitrogens with one attached hydrogen (secondary N) is 1. The summed E-state index contributed by atoms with van der Waals surface area (Å²) >= 11 is 0. The first-order chi connectivity index (χ1) is 10.5. The van der Waals surface area contributed by atoms with Crippen molar-refractivity contribution in [3.63, 3.8) is 0 Å². The average molecular weight is 310 g/mol. The summed E-state index contributed by atoms with van der Waals surface area (Å²) in [6, 6.07) is 4.04. The van der Waals surface area contributed by atoms with Crippen molar-refractivity contribution >= 4 is 12.0 Å². The van der Waals surface area contributed by atoms with Crippen molar-refractivity contribution in [2.24, 2.45) is 5.92 Å². The quantitative estimate of drug-likeness (QED) is 0.889. The van der Waals surface area contributed by atoms with Crippen LogP contribution in [-0.4, -0.2) is 42.2 Å². The molecule has 0 spiro atoms. The predicted molar refractivity (Wildman–Crippen MR) is 77.1 cm³/mol. The number of hydrogen-bond donors (Lipinski definition) is 2. The molecule has 0 aromatic heterocycles. The van der Waals surface area contributed by atoms with Gasteiger partial charge in [0, 0.05) is 31.3 Å². The molecule has 120 valence electrons. The Kier molecular flexibility index (Phi) is 5.19. The van der Waals surface area contributed by atoms with Crippen molar-refractivity contribution in [2.75, 3.05) is 20.2 Å². The van der Waals surface area contributed by atoms with Gasteiger partial charge in [-0.3, -0.25) is 4.79 Å². The number of piperidine rings is 1. The summed E-state index contributed by atoms with van der Waals surface area (Å²) in [5.41, 5.74) is 0.348. The molecule has 1 heterocycles. The molecule has 1 fully saturated rings. The van der Waals surface area contributed by atoms with Gasteiger partial charge in [-0.1, -0.05) is 6.07 Å². The van der Waals surface area contributed by atoms with Crippen LogP contribution in [-0.2, 0) is 11.3 Å². The number of urea groups is 1. The van der Waals surface area contributed by atoms with Crippen molar-refractivity contribution < 1.29 is 23.8 Å². The number of likely N-dealkylation sites (tertiary alicyclic amines) is 1. The Bertz CT molecular complexity index is 564. The van der Waals surface area contributed by atoms with E-state index in [2.05, 4.69) is 5.32 Å². The van der Waals surface area contributed by atoms with Gasteiger partial charge in [-0.25, -0.2) is 9.18 Å². The fraction of sp³-hybridized carbons (Fsp3) is 0.467. The number of ether oxygens (including phenoxy) is 1. The lowest BCUT2D eigenvalue weighted by atomic mass is 9.99. The Morgan fingerprint density at radius 2 is 2.27 bits per heavy atom. The number of methoxy groups -OCH3 is 1. The first-order valence-electron chi connectivity index (χ1n) is 7.09. The van der Waals surface area contributed by atoms with Crippen LogP contribution in [0.2, 0.25) is 0 Å². The summed E-state index contributed by atoms with van der Waals surface area (Å²) < 4.78 is 18.7. The van der Waals surface area contributed by atoms with Crippen LogP contribution in [0.15, 0.2) is 18.2 Å². The zero-order chi connectivity index (χ0) is 16.1. The lowest BCUT2D eigenvalue weighted by Crippen LogP contribution is -2.46. The normalized spacial score (nSPS) is 17.9. The molecule has 2 rings (SSSR count). The minimum absolute atomic E-state index is 0.0445. The van der Waals surface area contributed by atoms with Crippen LogP contribution < -0.4 is 10.1 Å². The molecule has 0 radical (unpaired) electrons. The third-order valence-corrected chi connectivity index (χ3v) is 3.75. The van der Waals surface area contributed by atoms with E-state index in [1.165, 1.54) is 18.1 Å². The molecule has 7 heteroatoms. The maximum Gasteiger partial charge on any atom is 0.317 e. The van der Waals surface area contributed by atoms with Crippen LogP contribution in [0.5, 0.6) is 5.75 Å². The number of nitrogens with zero attached hydrogens (tertiary/aromatic N) is 1. The number of amides is 2. The number of hydrogen-bond acceptors (Lipinski definition) is 3. The Balaban J connectivity index is 1.91. The van der Waals surface area contributed by atoms with Crippen LogP contribution in [0.3, 0.4) is 0 Å². The van der Waals surface area contributed by atoms with E-state index >= 15 is 0 Å². The van der Waals surface area contributed by atoms with Crippen molar-refractivity contribution in [3.8, 4) is 5.75 Å². The fourth-order valence-electron chi connectivity index (χ4n) is 2.44. The Labute approximate surface area is 127 Å². The molecule has 0 aliphatic carbocycles. The van der Waals surface area contributed by atoms with Gasteiger partial charge in [0.15, 0.2) is 0 Å². The summed E-state index contributed by atoms with van der Waals surface area (Å²) in [5.74, 6) is -1.47. The van der Waals surface area contributed by atoms with E-state index in [9.17, 15) is 14.0 Å². The molecular formula is C15H19FN2O4. The molecule has 1 saturated heterocycles. The second kappa shape index (κ2) is 7.11. The Hall–Kier alpha value is -2.31. The summed E-state index contributed by atoms with van der Waals surface area (Å²) in [6.07, 6.45) is 1.23. The molecule has 0 saturated carbocycles. The smallest absolute Gasteiger partial charge is 0.317 e. The van der Waals surface area contributed by atoms with Crippen LogP contribution in [0.4, 0.5) is 9.18 Å². The van der Waals surface area contributed by atoms with Gasteiger partial charge in [-0.05, 0) is 18.9 Å². The maximum atomic E-state index is 13.8. The highest BCUT2D eigenvalue weighted by Crippen LogP contribution is 2.18. The van der Waals surface area contributed by atoms with Crippen LogP contribution in [0.25, 0.3) is 0 Å². The van der Waals surface area contributed by atoms with E-state index in [1.807, 2.05) is 0 Å². The van der Waals surface area contributed by atoms with Gasteiger partial charge in [0.05, 0.1) is 13.0 Å². The SMILES string of the molecule is COc1ccc(CNC(=O)N2CCCC(C(=O)O)C2)c(F)c1. The highest BCUT2D eigenvalue weighted by molar-refractivity contribution is 5.76. The van der Waals surface area contributed by atoms with E-state index < -0.39 is 17.7 Å². The molecule has 1 aliphatic heterocycles. The fourth-order valence-corrected chi connectivity index (χ4v) is 2.44. The van der Waals surface area contributed by atoms with Gasteiger partial charge < -0.3 is 20.1 Å². The average Bonchev–Trinajstić information content (AvgIpc) is 2.53. The number of benzene rings is 1. The molecule has 1 aromatic rings. The third-order valence-electron chi connectivity index (χ3n) is 3.75. The lowest BCUT2D eigenvalue weighted by Gasteiger charge is -2.30. The number of carboxylic acid groups (broad SMARTS) is 1. The molecule has 1 aromatic carbocycles. The van der Waals surface area contributed by atoms with Crippen LogP contribution in [0, 0.1) is 11.7 Å². The second-order valence-corrected chi connectivity index (χ2v) is 5.24. The van der Waals surface area contributed by atoms with E-state index in [0.717, 1.165) is 0 Å². The van der Waals surface area contributed by atoms with E-state index in [1.54, 1.807) is 12.1 Å². The predicted octanol–water partition coefficient (Wildman–Crippen LogP) is 1.84. The summed E-state index contributed by atoms with van der Waals surface area (Å²) in [7, 11) is 1.45. The Morgan fingerprint density at radius 1 is 1.50 bits per heavy atom. The summed E-state index contributed by atoms with van der Waals surface area (Å²) in [5, 5.41) is 11.6. The molecule has 6 nitrogen and oxygen atoms in total. The van der Waals surface area contributed by atoms with Crippen LogP contribution in [0.1, 0.15) is 18.4 Å². The van der Waals surface area contributed by atoms with E-state index in [4.69, 9.17) is 9.84 Å². The first-order valence-corrected chi connectivity index (χ1v) is 7.09. The molecular weight excluding hydrogens is 291 g/mol. The molecule has 1 atom stereocenters. The number of rotatable bonds is 4. The monoisotopic (exact) mass is 310 g/mol. The molecule has 1 unspecified atom stereocenters. The van der Waals surface area contributed by atoms with Gasteiger partial charge in [0.2, 0.25) is 0 Å². The van der Waals surface area contributed by atoms with Gasteiger partial charge in [-0.2, -0.15) is 0 Å². The van der Waals surface area contributed by atoms with Crippen molar-refractivity contribution in [2.45, 2.75) is 19.4 Å². The Morgan fingerprint density at radius 3 is 2.91 bits per heavy atom. The number of carbonyl (C=O) groups is 2. The maximum absolute atomic E-state index is 13.8. The number of aliphatic carboxylic acids is 1. The first kappa shape index (κ1) is 16.1. The zero-order valence-electron chi connectivity index (χ0n) is 12.3. The number of carboxylic acids is 1. The van der Waals surface area contributed by atoms with Gasteiger partial charge >= 0.3 is 12.0 Å². The van der Waals surface area contributed by atoms with Crippen molar-refractivity contribution in [1.29, 1.82) is 0 Å². The van der Waals surface area contributed by atoms with Gasteiger partial charge in [-0.15, -0.1) is 0 Å². The molecule has 0 bridgehead atoms. The third kappa shape index (κ3) is 3.87. The topological polar surface area (TPSA) is 78.9 Å². The van der Waals surface area contributed by atoms with E-state index in [-0.39, 0.29) is 19.1 Å². The number of halogens is 1. The molecule has 2 amide bonds. The minimum atomic E-state index is -0.890. The van der Waals surface area contributed by atoms with Gasteiger partial charge in [0.1, 0.15) is 11.6 Å². The summed E-state index contributed by atoms with van der Waals surface area (Å²) in [6.45, 7) is 0.746. The van der Waals surface area contributed by atoms with Gasteiger partial charge in [0.25, 0.3) is 0 Å². The zero-order valence-corrected chi connectivity index (χ0v) is 12.3. The molecule has 22 heavy (non-hydrogen) atoms. The minimum Gasteiger partial charge on any atom is -0.497 e. The highest BCUT2D eigenvalue weighted by Gasteiger charge is 2.28.